The van der Waals surface area contributed by atoms with E-state index in [2.05, 4.69) is 43.6 Å². The summed E-state index contributed by atoms with van der Waals surface area (Å²) in [6.07, 6.45) is 16.4. The van der Waals surface area contributed by atoms with Crippen molar-refractivity contribution in [2.24, 2.45) is 0 Å². The molecular weight excluding hydrogens is 268 g/mol. The first kappa shape index (κ1) is 19.0. The maximum Gasteiger partial charge on any atom is 0.0845 e. The van der Waals surface area contributed by atoms with Gasteiger partial charge in [-0.15, -0.1) is 0 Å². The summed E-state index contributed by atoms with van der Waals surface area (Å²) in [7, 11) is 0. The predicted molar refractivity (Wildman–Crippen MR) is 98.2 cm³/mol. The number of hydrogen-bond donors (Lipinski definition) is 1. The van der Waals surface area contributed by atoms with Gasteiger partial charge in [0.25, 0.3) is 0 Å². The summed E-state index contributed by atoms with van der Waals surface area (Å²) in [4.78, 5) is 0. The van der Waals surface area contributed by atoms with Gasteiger partial charge in [0.1, 0.15) is 0 Å². The molecule has 1 aromatic heterocycles. The van der Waals surface area contributed by atoms with Crippen LogP contribution < -0.4 is 0 Å². The van der Waals surface area contributed by atoms with Gasteiger partial charge in [-0.2, -0.15) is 5.10 Å². The lowest BCUT2D eigenvalue weighted by atomic mass is 9.77. The Bertz CT molecular complexity index is 408. The number of nitrogens with zero attached hydrogens (tertiary/aromatic N) is 1. The molecule has 0 fully saturated rings. The van der Waals surface area contributed by atoms with Gasteiger partial charge in [-0.1, -0.05) is 85.1 Å². The zero-order chi connectivity index (χ0) is 16.3. The van der Waals surface area contributed by atoms with E-state index in [1.165, 1.54) is 76.3 Å². The maximum absolute atomic E-state index is 4.36. The molecule has 0 radical (unpaired) electrons. The molecule has 0 aromatic carbocycles. The number of H-pyrrole nitrogens is 1. The molecule has 1 rings (SSSR count). The molecule has 1 heterocycles. The first-order valence-electron chi connectivity index (χ1n) is 9.34. The summed E-state index contributed by atoms with van der Waals surface area (Å²) in [6, 6.07) is 2.19. The largest absolute Gasteiger partial charge is 0.281 e. The molecule has 0 aliphatic rings. The average molecular weight is 305 g/mol. The lowest BCUT2D eigenvalue weighted by Crippen LogP contribution is -2.22. The minimum atomic E-state index is 0.244. The predicted octanol–water partition coefficient (Wildman–Crippen LogP) is 6.64. The van der Waals surface area contributed by atoms with E-state index in [0.717, 1.165) is 5.69 Å². The molecule has 0 aliphatic heterocycles. The van der Waals surface area contributed by atoms with E-state index in [9.17, 15) is 0 Å². The van der Waals surface area contributed by atoms with E-state index in [-0.39, 0.29) is 5.41 Å². The van der Waals surface area contributed by atoms with Gasteiger partial charge in [-0.05, 0) is 25.0 Å². The highest BCUT2D eigenvalue weighted by atomic mass is 15.1. The van der Waals surface area contributed by atoms with E-state index >= 15 is 0 Å². The average Bonchev–Trinajstić information content (AvgIpc) is 3.01. The number of unbranched alkanes of at least 4 members (excludes halogenated alkanes) is 7. The lowest BCUT2D eigenvalue weighted by molar-refractivity contribution is 0.354. The van der Waals surface area contributed by atoms with Crippen molar-refractivity contribution < 1.29 is 0 Å². The van der Waals surface area contributed by atoms with Crippen molar-refractivity contribution in [2.45, 2.75) is 96.8 Å². The molecule has 2 heteroatoms. The third-order valence-corrected chi connectivity index (χ3v) is 4.87. The fourth-order valence-electron chi connectivity index (χ4n) is 3.21. The highest BCUT2D eigenvalue weighted by Crippen LogP contribution is 2.34. The standard InChI is InChI=1S/C20H36N2/c1-5-8-10-12-14-16-20(4,15-13-11-9-6-2)19-17-18(7-3)21-22-19/h7,17H,3,5-6,8-16H2,1-2,4H3,(H,21,22). The zero-order valence-electron chi connectivity index (χ0n) is 15.1. The van der Waals surface area contributed by atoms with Gasteiger partial charge in [0, 0.05) is 11.1 Å². The number of hydrogen-bond acceptors (Lipinski definition) is 1. The molecular formula is C20H36N2. The highest BCUT2D eigenvalue weighted by Gasteiger charge is 2.27. The van der Waals surface area contributed by atoms with Crippen molar-refractivity contribution in [3.05, 3.63) is 24.0 Å². The SMILES string of the molecule is C=Cc1cc(C(C)(CCCCCC)CCCCCCC)[nH]n1. The quantitative estimate of drug-likeness (QED) is 0.406. The van der Waals surface area contributed by atoms with Crippen molar-refractivity contribution >= 4 is 6.08 Å². The lowest BCUT2D eigenvalue weighted by Gasteiger charge is -2.28. The number of aromatic nitrogens is 2. The first-order chi connectivity index (χ1) is 10.7. The Morgan fingerprint density at radius 3 is 2.05 bits per heavy atom. The Kier molecular flexibility index (Phi) is 9.19. The smallest absolute Gasteiger partial charge is 0.0845 e. The van der Waals surface area contributed by atoms with Crippen LogP contribution in [0, 0.1) is 0 Å². The molecule has 2 nitrogen and oxygen atoms in total. The molecule has 0 aliphatic carbocycles. The monoisotopic (exact) mass is 304 g/mol. The van der Waals surface area contributed by atoms with Crippen molar-refractivity contribution in [2.75, 3.05) is 0 Å². The van der Waals surface area contributed by atoms with Crippen LogP contribution in [0.25, 0.3) is 6.08 Å². The van der Waals surface area contributed by atoms with Gasteiger partial charge in [0.2, 0.25) is 0 Å². The fourth-order valence-corrected chi connectivity index (χ4v) is 3.21. The van der Waals surface area contributed by atoms with Crippen LogP contribution in [0.2, 0.25) is 0 Å². The number of rotatable bonds is 13. The summed E-state index contributed by atoms with van der Waals surface area (Å²) in [5, 5.41) is 7.63. The van der Waals surface area contributed by atoms with E-state index in [1.54, 1.807) is 0 Å². The van der Waals surface area contributed by atoms with Crippen LogP contribution in [-0.4, -0.2) is 10.2 Å². The zero-order valence-corrected chi connectivity index (χ0v) is 15.1. The van der Waals surface area contributed by atoms with Gasteiger partial charge in [-0.25, -0.2) is 0 Å². The number of nitrogens with one attached hydrogen (secondary N) is 1. The van der Waals surface area contributed by atoms with Crippen LogP contribution in [0.3, 0.4) is 0 Å². The molecule has 22 heavy (non-hydrogen) atoms. The Morgan fingerprint density at radius 2 is 1.55 bits per heavy atom. The normalized spacial score (nSPS) is 14.0. The third-order valence-electron chi connectivity index (χ3n) is 4.87. The Labute approximate surface area is 137 Å². The van der Waals surface area contributed by atoms with Crippen LogP contribution in [0.5, 0.6) is 0 Å². The van der Waals surface area contributed by atoms with Crippen LogP contribution in [0.4, 0.5) is 0 Å². The van der Waals surface area contributed by atoms with Crippen molar-refractivity contribution in [1.29, 1.82) is 0 Å². The topological polar surface area (TPSA) is 28.7 Å². The summed E-state index contributed by atoms with van der Waals surface area (Å²) >= 11 is 0. The van der Waals surface area contributed by atoms with Crippen molar-refractivity contribution in [3.63, 3.8) is 0 Å². The molecule has 1 N–H and O–H groups in total. The molecule has 0 amide bonds. The van der Waals surface area contributed by atoms with Crippen LogP contribution >= 0.6 is 0 Å². The highest BCUT2D eigenvalue weighted by molar-refractivity contribution is 5.42. The third kappa shape index (κ3) is 6.37. The van der Waals surface area contributed by atoms with Gasteiger partial charge >= 0.3 is 0 Å². The molecule has 0 saturated heterocycles. The molecule has 126 valence electrons. The molecule has 0 saturated carbocycles. The van der Waals surface area contributed by atoms with Crippen molar-refractivity contribution in [3.8, 4) is 0 Å². The second-order valence-corrected chi connectivity index (χ2v) is 6.95. The van der Waals surface area contributed by atoms with E-state index in [1.807, 2.05) is 6.08 Å². The maximum atomic E-state index is 4.36. The van der Waals surface area contributed by atoms with E-state index < -0.39 is 0 Å². The fraction of sp³-hybridized carbons (Fsp3) is 0.750. The van der Waals surface area contributed by atoms with E-state index in [4.69, 9.17) is 0 Å². The van der Waals surface area contributed by atoms with Gasteiger partial charge in [-0.3, -0.25) is 5.10 Å². The Balaban J connectivity index is 2.60. The molecule has 0 spiro atoms. The van der Waals surface area contributed by atoms with Gasteiger partial charge in [0.15, 0.2) is 0 Å². The second kappa shape index (κ2) is 10.6. The second-order valence-electron chi connectivity index (χ2n) is 6.95. The van der Waals surface area contributed by atoms with E-state index in [0.29, 0.717) is 0 Å². The molecule has 1 atom stereocenters. The molecule has 1 unspecified atom stereocenters. The van der Waals surface area contributed by atoms with Crippen LogP contribution in [0.15, 0.2) is 12.6 Å². The summed E-state index contributed by atoms with van der Waals surface area (Å²) in [5.74, 6) is 0. The van der Waals surface area contributed by atoms with Crippen molar-refractivity contribution in [1.82, 2.24) is 10.2 Å². The number of aromatic amines is 1. The Hall–Kier alpha value is -1.05. The minimum absolute atomic E-state index is 0.244. The minimum Gasteiger partial charge on any atom is -0.281 e. The Morgan fingerprint density at radius 1 is 1.00 bits per heavy atom. The summed E-state index contributed by atoms with van der Waals surface area (Å²) in [5.41, 5.74) is 2.52. The van der Waals surface area contributed by atoms with Gasteiger partial charge in [0.05, 0.1) is 5.69 Å². The summed E-state index contributed by atoms with van der Waals surface area (Å²) < 4.78 is 0. The van der Waals surface area contributed by atoms with Crippen LogP contribution in [0.1, 0.15) is 103 Å². The molecule has 1 aromatic rings. The molecule has 0 bridgehead atoms. The first-order valence-corrected chi connectivity index (χ1v) is 9.34. The van der Waals surface area contributed by atoms with Gasteiger partial charge < -0.3 is 0 Å². The van der Waals surface area contributed by atoms with Crippen LogP contribution in [-0.2, 0) is 5.41 Å². The summed E-state index contributed by atoms with van der Waals surface area (Å²) in [6.45, 7) is 10.8.